The van der Waals surface area contributed by atoms with Gasteiger partial charge in [-0.2, -0.15) is 0 Å². The maximum Gasteiger partial charge on any atom is 0.242 e. The molecule has 0 heterocycles. The summed E-state index contributed by atoms with van der Waals surface area (Å²) >= 11 is 12.1. The van der Waals surface area contributed by atoms with Crippen molar-refractivity contribution in [3.05, 3.63) is 27.7 Å². The molecule has 1 aliphatic carbocycles. The van der Waals surface area contributed by atoms with Crippen LogP contribution >= 0.6 is 23.2 Å². The molecule has 0 amide bonds. The fourth-order valence-electron chi connectivity index (χ4n) is 2.11. The zero-order valence-electron chi connectivity index (χ0n) is 11.2. The smallest absolute Gasteiger partial charge is 0.242 e. The topological polar surface area (TPSA) is 58.2 Å². The molecular formula is C13H18Cl2N2O2S. The van der Waals surface area contributed by atoms with Crippen LogP contribution < -0.4 is 10.0 Å². The van der Waals surface area contributed by atoms with E-state index in [0.717, 1.165) is 12.8 Å². The van der Waals surface area contributed by atoms with Gasteiger partial charge < -0.3 is 5.32 Å². The highest BCUT2D eigenvalue weighted by molar-refractivity contribution is 7.89. The molecule has 0 radical (unpaired) electrons. The van der Waals surface area contributed by atoms with Gasteiger partial charge in [-0.05, 0) is 43.5 Å². The Morgan fingerprint density at radius 2 is 1.95 bits per heavy atom. The van der Waals surface area contributed by atoms with E-state index in [1.165, 1.54) is 18.6 Å². The van der Waals surface area contributed by atoms with Crippen LogP contribution in [0.25, 0.3) is 0 Å². The molecule has 0 aromatic heterocycles. The van der Waals surface area contributed by atoms with Crippen molar-refractivity contribution in [1.29, 1.82) is 0 Å². The van der Waals surface area contributed by atoms with E-state index in [1.807, 2.05) is 0 Å². The van der Waals surface area contributed by atoms with Crippen LogP contribution in [0, 0.1) is 5.92 Å². The predicted octanol–water partition coefficient (Wildman–Crippen LogP) is 2.79. The summed E-state index contributed by atoms with van der Waals surface area (Å²) in [6, 6.07) is 3.01. The first-order valence-corrected chi connectivity index (χ1v) is 8.80. The molecule has 0 unspecified atom stereocenters. The van der Waals surface area contributed by atoms with Gasteiger partial charge in [-0.3, -0.25) is 0 Å². The predicted molar refractivity (Wildman–Crippen MR) is 81.8 cm³/mol. The minimum absolute atomic E-state index is 0.0909. The van der Waals surface area contributed by atoms with E-state index < -0.39 is 10.0 Å². The Labute approximate surface area is 129 Å². The van der Waals surface area contributed by atoms with Crippen LogP contribution in [-0.2, 0) is 16.6 Å². The van der Waals surface area contributed by atoms with Crippen molar-refractivity contribution in [2.45, 2.75) is 30.7 Å². The Hall–Kier alpha value is -0.330. The highest BCUT2D eigenvalue weighted by Gasteiger charge is 2.23. The number of benzene rings is 1. The summed E-state index contributed by atoms with van der Waals surface area (Å²) in [6.07, 6.45) is 3.35. The molecule has 0 aliphatic heterocycles. The number of hydrogen-bond donors (Lipinski definition) is 2. The quantitative estimate of drug-likeness (QED) is 0.839. The second-order valence-corrected chi connectivity index (χ2v) is 7.60. The lowest BCUT2D eigenvalue weighted by atomic mass is 9.86. The summed E-state index contributed by atoms with van der Waals surface area (Å²) in [5, 5.41) is 3.56. The molecule has 1 saturated carbocycles. The summed E-state index contributed by atoms with van der Waals surface area (Å²) in [5.41, 5.74) is 0.711. The molecule has 1 aromatic rings. The lowest BCUT2D eigenvalue weighted by Gasteiger charge is -2.25. The average molecular weight is 337 g/mol. The minimum atomic E-state index is -3.59. The molecular weight excluding hydrogens is 319 g/mol. The van der Waals surface area contributed by atoms with Crippen molar-refractivity contribution in [1.82, 2.24) is 10.0 Å². The van der Waals surface area contributed by atoms with Crippen molar-refractivity contribution in [3.63, 3.8) is 0 Å². The largest absolute Gasteiger partial charge is 0.316 e. The molecule has 20 heavy (non-hydrogen) atoms. The third kappa shape index (κ3) is 3.65. The first-order chi connectivity index (χ1) is 9.44. The van der Waals surface area contributed by atoms with E-state index in [1.54, 1.807) is 7.05 Å². The molecule has 0 bridgehead atoms. The standard InChI is InChI=1S/C13H18Cl2N2O2S/c1-16-8-10-5-13(12(15)6-11(10)14)20(18,19)17-7-9-3-2-4-9/h5-6,9,16-17H,2-4,7-8H2,1H3. The van der Waals surface area contributed by atoms with Crippen molar-refractivity contribution in [3.8, 4) is 0 Å². The van der Waals surface area contributed by atoms with Gasteiger partial charge in [-0.25, -0.2) is 13.1 Å². The number of hydrogen-bond acceptors (Lipinski definition) is 3. The Bertz CT molecular complexity index is 586. The van der Waals surface area contributed by atoms with Crippen molar-refractivity contribution >= 4 is 33.2 Å². The van der Waals surface area contributed by atoms with E-state index >= 15 is 0 Å². The highest BCUT2D eigenvalue weighted by Crippen LogP contribution is 2.30. The van der Waals surface area contributed by atoms with Gasteiger partial charge in [0.05, 0.1) is 5.02 Å². The fraction of sp³-hybridized carbons (Fsp3) is 0.538. The van der Waals surface area contributed by atoms with Gasteiger partial charge in [0, 0.05) is 18.1 Å². The summed E-state index contributed by atoms with van der Waals surface area (Å²) in [6.45, 7) is 0.962. The molecule has 1 aliphatic rings. The summed E-state index contributed by atoms with van der Waals surface area (Å²) < 4.78 is 27.2. The van der Waals surface area contributed by atoms with Gasteiger partial charge in [0.15, 0.2) is 0 Å². The lowest BCUT2D eigenvalue weighted by Crippen LogP contribution is -2.32. The number of rotatable bonds is 6. The SMILES string of the molecule is CNCc1cc(S(=O)(=O)NCC2CCC2)c(Cl)cc1Cl. The Balaban J connectivity index is 2.22. The molecule has 2 rings (SSSR count). The average Bonchev–Trinajstić information content (AvgIpc) is 2.30. The summed E-state index contributed by atoms with van der Waals surface area (Å²) in [4.78, 5) is 0.0909. The van der Waals surface area contributed by atoms with Crippen molar-refractivity contribution in [2.24, 2.45) is 5.92 Å². The molecule has 2 N–H and O–H groups in total. The Kier molecular flexibility index (Phi) is 5.31. The zero-order valence-corrected chi connectivity index (χ0v) is 13.6. The second-order valence-electron chi connectivity index (χ2n) is 5.05. The summed E-state index contributed by atoms with van der Waals surface area (Å²) in [7, 11) is -1.82. The molecule has 0 atom stereocenters. The van der Waals surface area contributed by atoms with Gasteiger partial charge in [0.2, 0.25) is 10.0 Å². The first-order valence-electron chi connectivity index (χ1n) is 6.56. The monoisotopic (exact) mass is 336 g/mol. The normalized spacial score (nSPS) is 16.1. The van der Waals surface area contributed by atoms with Gasteiger partial charge in [-0.15, -0.1) is 0 Å². The molecule has 0 spiro atoms. The van der Waals surface area contributed by atoms with Crippen LogP contribution in [0.15, 0.2) is 17.0 Å². The van der Waals surface area contributed by atoms with Gasteiger partial charge in [0.25, 0.3) is 0 Å². The molecule has 1 fully saturated rings. The number of halogens is 2. The Morgan fingerprint density at radius 1 is 1.25 bits per heavy atom. The lowest BCUT2D eigenvalue weighted by molar-refractivity contribution is 0.316. The Morgan fingerprint density at radius 3 is 2.50 bits per heavy atom. The van der Waals surface area contributed by atoms with Crippen LogP contribution in [0.2, 0.25) is 10.0 Å². The van der Waals surface area contributed by atoms with E-state index in [0.29, 0.717) is 29.6 Å². The van der Waals surface area contributed by atoms with Gasteiger partial charge >= 0.3 is 0 Å². The van der Waals surface area contributed by atoms with E-state index in [2.05, 4.69) is 10.0 Å². The number of sulfonamides is 1. The van der Waals surface area contributed by atoms with Gasteiger partial charge in [0.1, 0.15) is 4.90 Å². The van der Waals surface area contributed by atoms with Gasteiger partial charge in [-0.1, -0.05) is 29.6 Å². The van der Waals surface area contributed by atoms with Crippen LogP contribution in [0.1, 0.15) is 24.8 Å². The van der Waals surface area contributed by atoms with Crippen LogP contribution in [-0.4, -0.2) is 22.0 Å². The number of nitrogens with one attached hydrogen (secondary N) is 2. The van der Waals surface area contributed by atoms with E-state index in [4.69, 9.17) is 23.2 Å². The van der Waals surface area contributed by atoms with Crippen LogP contribution in [0.5, 0.6) is 0 Å². The summed E-state index contributed by atoms with van der Waals surface area (Å²) in [5.74, 6) is 0.452. The third-order valence-electron chi connectivity index (χ3n) is 3.54. The second kappa shape index (κ2) is 6.62. The first kappa shape index (κ1) is 16.0. The van der Waals surface area contributed by atoms with Crippen molar-refractivity contribution in [2.75, 3.05) is 13.6 Å². The zero-order chi connectivity index (χ0) is 14.8. The third-order valence-corrected chi connectivity index (χ3v) is 5.78. The molecule has 0 saturated heterocycles. The highest BCUT2D eigenvalue weighted by atomic mass is 35.5. The van der Waals surface area contributed by atoms with Crippen LogP contribution in [0.4, 0.5) is 0 Å². The molecule has 112 valence electrons. The molecule has 1 aromatic carbocycles. The molecule has 4 nitrogen and oxygen atoms in total. The van der Waals surface area contributed by atoms with E-state index in [-0.39, 0.29) is 9.92 Å². The fourth-order valence-corrected chi connectivity index (χ4v) is 4.08. The minimum Gasteiger partial charge on any atom is -0.316 e. The van der Waals surface area contributed by atoms with E-state index in [9.17, 15) is 8.42 Å². The van der Waals surface area contributed by atoms with Crippen LogP contribution in [0.3, 0.4) is 0 Å². The molecule has 7 heteroatoms. The van der Waals surface area contributed by atoms with Crippen molar-refractivity contribution < 1.29 is 8.42 Å². The maximum atomic E-state index is 12.3. The maximum absolute atomic E-state index is 12.3.